The van der Waals surface area contributed by atoms with Gasteiger partial charge in [0.05, 0.1) is 5.25 Å². The van der Waals surface area contributed by atoms with Gasteiger partial charge < -0.3 is 0 Å². The molecule has 4 rings (SSSR count). The van der Waals surface area contributed by atoms with Crippen molar-refractivity contribution in [1.29, 1.82) is 0 Å². The largest absolute Gasteiger partial charge is 0.237 e. The lowest BCUT2D eigenvalue weighted by Crippen LogP contribution is -2.42. The van der Waals surface area contributed by atoms with Crippen LogP contribution in [0.15, 0.2) is 24.4 Å². The Kier molecular flexibility index (Phi) is 3.81. The van der Waals surface area contributed by atoms with E-state index in [4.69, 9.17) is 0 Å². The van der Waals surface area contributed by atoms with Gasteiger partial charge in [-0.15, -0.1) is 0 Å². The summed E-state index contributed by atoms with van der Waals surface area (Å²) in [5.41, 5.74) is 2.76. The smallest absolute Gasteiger partial charge is 0.217 e. The molecule has 0 amide bonds. The van der Waals surface area contributed by atoms with E-state index in [0.717, 1.165) is 54.4 Å². The van der Waals surface area contributed by atoms with Crippen LogP contribution in [0.5, 0.6) is 0 Å². The van der Waals surface area contributed by atoms with Crippen molar-refractivity contribution in [3.05, 3.63) is 35.7 Å². The third-order valence-corrected chi connectivity index (χ3v) is 7.38. The lowest BCUT2D eigenvalue weighted by atomic mass is 10.0. The van der Waals surface area contributed by atoms with Gasteiger partial charge >= 0.3 is 0 Å². The molecule has 5 nitrogen and oxygen atoms in total. The monoisotopic (exact) mass is 331 g/mol. The van der Waals surface area contributed by atoms with Gasteiger partial charge in [-0.1, -0.05) is 19.3 Å². The van der Waals surface area contributed by atoms with Crippen LogP contribution in [0, 0.1) is 0 Å². The molecule has 1 saturated carbocycles. The third-order valence-electron chi connectivity index (χ3n) is 5.04. The van der Waals surface area contributed by atoms with E-state index in [2.05, 4.69) is 9.97 Å². The average Bonchev–Trinajstić information content (AvgIpc) is 2.60. The Labute approximate surface area is 136 Å². The van der Waals surface area contributed by atoms with Crippen LogP contribution in [0.25, 0.3) is 11.0 Å². The highest BCUT2D eigenvalue weighted by atomic mass is 32.2. The molecule has 0 N–H and O–H groups in total. The summed E-state index contributed by atoms with van der Waals surface area (Å²) >= 11 is 0. The summed E-state index contributed by atoms with van der Waals surface area (Å²) in [5, 5.41) is 0.788. The Bertz CT molecular complexity index is 829. The highest BCUT2D eigenvalue weighted by Gasteiger charge is 2.35. The van der Waals surface area contributed by atoms with Crippen LogP contribution in [0.3, 0.4) is 0 Å². The van der Waals surface area contributed by atoms with Crippen LogP contribution in [0.4, 0.5) is 0 Å². The number of pyridine rings is 2. The maximum atomic E-state index is 12.9. The fourth-order valence-corrected chi connectivity index (χ4v) is 5.75. The first-order valence-electron chi connectivity index (χ1n) is 8.37. The van der Waals surface area contributed by atoms with E-state index in [9.17, 15) is 8.42 Å². The van der Waals surface area contributed by atoms with Crippen LogP contribution in [-0.4, -0.2) is 34.5 Å². The van der Waals surface area contributed by atoms with Gasteiger partial charge in [0.2, 0.25) is 10.0 Å². The summed E-state index contributed by atoms with van der Waals surface area (Å²) in [6, 6.07) is 5.91. The van der Waals surface area contributed by atoms with E-state index >= 15 is 0 Å². The maximum absolute atomic E-state index is 12.9. The molecule has 122 valence electrons. The standard InChI is InChI=1S/C17H21N3O2S/c21-23(22,15-6-2-1-3-7-15)20-10-8-16-14(12-20)11-13-5-4-9-18-17(13)19-16/h4-5,9,11,15H,1-3,6-8,10,12H2. The van der Waals surface area contributed by atoms with Crippen molar-refractivity contribution in [1.82, 2.24) is 14.3 Å². The second-order valence-corrected chi connectivity index (χ2v) is 8.75. The minimum absolute atomic E-state index is 0.187. The number of nitrogens with zero attached hydrogens (tertiary/aromatic N) is 3. The highest BCUT2D eigenvalue weighted by Crippen LogP contribution is 2.30. The quantitative estimate of drug-likeness (QED) is 0.849. The van der Waals surface area contributed by atoms with E-state index in [-0.39, 0.29) is 5.25 Å². The van der Waals surface area contributed by atoms with Gasteiger partial charge in [0, 0.05) is 36.8 Å². The second kappa shape index (κ2) is 5.83. The van der Waals surface area contributed by atoms with Crippen LogP contribution < -0.4 is 0 Å². The molecule has 0 radical (unpaired) electrons. The van der Waals surface area contributed by atoms with Crippen molar-refractivity contribution < 1.29 is 8.42 Å². The number of sulfonamides is 1. The van der Waals surface area contributed by atoms with E-state index in [0.29, 0.717) is 19.5 Å². The van der Waals surface area contributed by atoms with Crippen molar-refractivity contribution in [3.63, 3.8) is 0 Å². The van der Waals surface area contributed by atoms with Gasteiger partial charge in [-0.25, -0.2) is 18.4 Å². The van der Waals surface area contributed by atoms with E-state index in [1.54, 1.807) is 10.5 Å². The summed E-state index contributed by atoms with van der Waals surface area (Å²) in [6.45, 7) is 0.989. The Morgan fingerprint density at radius 3 is 2.83 bits per heavy atom. The zero-order valence-electron chi connectivity index (χ0n) is 13.1. The normalized spacial score (nSPS) is 20.5. The number of fused-ring (bicyclic) bond motifs is 2. The number of rotatable bonds is 2. The van der Waals surface area contributed by atoms with E-state index in [1.807, 2.05) is 18.2 Å². The Morgan fingerprint density at radius 2 is 2.00 bits per heavy atom. The SMILES string of the molecule is O=S(=O)(C1CCCCC1)N1CCc2nc3ncccc3cc2C1. The molecule has 2 aromatic heterocycles. The van der Waals surface area contributed by atoms with Gasteiger partial charge in [0.25, 0.3) is 0 Å². The van der Waals surface area contributed by atoms with Crippen LogP contribution in [-0.2, 0) is 23.0 Å². The summed E-state index contributed by atoms with van der Waals surface area (Å²) in [6.07, 6.45) is 7.27. The average molecular weight is 331 g/mol. The summed E-state index contributed by atoms with van der Waals surface area (Å²) < 4.78 is 27.5. The summed E-state index contributed by atoms with van der Waals surface area (Å²) in [5.74, 6) is 0. The summed E-state index contributed by atoms with van der Waals surface area (Å²) in [4.78, 5) is 8.90. The molecule has 0 atom stereocenters. The summed E-state index contributed by atoms with van der Waals surface area (Å²) in [7, 11) is -3.19. The first-order chi connectivity index (χ1) is 11.1. The van der Waals surface area contributed by atoms with Crippen molar-refractivity contribution in [2.75, 3.05) is 6.54 Å². The number of hydrogen-bond acceptors (Lipinski definition) is 4. The number of aromatic nitrogens is 2. The molecule has 0 saturated heterocycles. The van der Waals surface area contributed by atoms with Crippen molar-refractivity contribution in [2.24, 2.45) is 0 Å². The van der Waals surface area contributed by atoms with Gasteiger partial charge in [-0.3, -0.25) is 0 Å². The molecule has 0 spiro atoms. The molecule has 0 unspecified atom stereocenters. The maximum Gasteiger partial charge on any atom is 0.217 e. The highest BCUT2D eigenvalue weighted by molar-refractivity contribution is 7.89. The molecule has 0 aromatic carbocycles. The second-order valence-electron chi connectivity index (χ2n) is 6.53. The van der Waals surface area contributed by atoms with Gasteiger partial charge in [0.1, 0.15) is 0 Å². The Hall–Kier alpha value is -1.53. The molecule has 0 bridgehead atoms. The van der Waals surface area contributed by atoms with Crippen molar-refractivity contribution >= 4 is 21.1 Å². The molecule has 2 aromatic rings. The van der Waals surface area contributed by atoms with Gasteiger partial charge in [0.15, 0.2) is 5.65 Å². The van der Waals surface area contributed by atoms with Crippen LogP contribution in [0.1, 0.15) is 43.4 Å². The molecular weight excluding hydrogens is 310 g/mol. The van der Waals surface area contributed by atoms with Crippen molar-refractivity contribution in [3.8, 4) is 0 Å². The Balaban J connectivity index is 1.64. The fourth-order valence-electron chi connectivity index (χ4n) is 3.73. The van der Waals surface area contributed by atoms with Gasteiger partial charge in [-0.05, 0) is 36.6 Å². The fraction of sp³-hybridized carbons (Fsp3) is 0.529. The molecule has 1 aliphatic heterocycles. The Morgan fingerprint density at radius 1 is 1.17 bits per heavy atom. The minimum Gasteiger partial charge on any atom is -0.237 e. The lowest BCUT2D eigenvalue weighted by Gasteiger charge is -2.32. The van der Waals surface area contributed by atoms with Crippen LogP contribution in [0.2, 0.25) is 0 Å². The minimum atomic E-state index is -3.19. The number of hydrogen-bond donors (Lipinski definition) is 0. The molecule has 2 aliphatic rings. The first kappa shape index (κ1) is 15.0. The van der Waals surface area contributed by atoms with E-state index in [1.165, 1.54) is 0 Å². The molecule has 23 heavy (non-hydrogen) atoms. The molecule has 1 aliphatic carbocycles. The topological polar surface area (TPSA) is 63.2 Å². The zero-order valence-corrected chi connectivity index (χ0v) is 13.9. The molecule has 1 fully saturated rings. The molecular formula is C17H21N3O2S. The predicted molar refractivity (Wildman–Crippen MR) is 89.4 cm³/mol. The van der Waals surface area contributed by atoms with Crippen molar-refractivity contribution in [2.45, 2.75) is 50.3 Å². The molecule has 6 heteroatoms. The first-order valence-corrected chi connectivity index (χ1v) is 9.87. The van der Waals surface area contributed by atoms with E-state index < -0.39 is 10.0 Å². The van der Waals surface area contributed by atoms with Crippen LogP contribution >= 0.6 is 0 Å². The zero-order chi connectivity index (χ0) is 15.9. The third kappa shape index (κ3) is 2.74. The van der Waals surface area contributed by atoms with Gasteiger partial charge in [-0.2, -0.15) is 4.31 Å². The molecule has 3 heterocycles. The predicted octanol–water partition coefficient (Wildman–Crippen LogP) is 2.65. The lowest BCUT2D eigenvalue weighted by molar-refractivity contribution is 0.368.